The molecule has 1 rings (SSSR count). The molecule has 1 aliphatic rings. The summed E-state index contributed by atoms with van der Waals surface area (Å²) in [5.41, 5.74) is 6.40. The maximum atomic E-state index is 6.01. The van der Waals surface area contributed by atoms with Crippen LogP contribution in [0.2, 0.25) is 0 Å². The summed E-state index contributed by atoms with van der Waals surface area (Å²) in [6.45, 7) is 9.33. The summed E-state index contributed by atoms with van der Waals surface area (Å²) >= 11 is 0. The van der Waals surface area contributed by atoms with Gasteiger partial charge in [-0.15, -0.1) is 0 Å². The van der Waals surface area contributed by atoms with Gasteiger partial charge in [-0.2, -0.15) is 0 Å². The molecule has 0 atom stereocenters. The highest BCUT2D eigenvalue weighted by Crippen LogP contribution is 2.41. The number of hydrogen-bond donors (Lipinski definition) is 1. The molecule has 17 heavy (non-hydrogen) atoms. The highest BCUT2D eigenvalue weighted by Gasteiger charge is 2.33. The highest BCUT2D eigenvalue weighted by molar-refractivity contribution is 4.86. The SMILES string of the molecule is CCC1CCC(CN)(CCOCC(C)C)CC1. The van der Waals surface area contributed by atoms with Crippen molar-refractivity contribution in [3.63, 3.8) is 0 Å². The van der Waals surface area contributed by atoms with Crippen LogP contribution in [0.4, 0.5) is 0 Å². The molecule has 2 heteroatoms. The van der Waals surface area contributed by atoms with Crippen LogP contribution in [0, 0.1) is 17.3 Å². The standard InChI is InChI=1S/C15H31NO/c1-4-14-5-7-15(12-16,8-6-14)9-10-17-11-13(2)3/h13-14H,4-12,16H2,1-3H3. The third-order valence-corrected chi connectivity index (χ3v) is 4.40. The van der Waals surface area contributed by atoms with Gasteiger partial charge < -0.3 is 10.5 Å². The quantitative estimate of drug-likeness (QED) is 0.691. The van der Waals surface area contributed by atoms with Crippen molar-refractivity contribution in [1.82, 2.24) is 0 Å². The molecule has 0 aromatic heterocycles. The Labute approximate surface area is 107 Å². The van der Waals surface area contributed by atoms with Crippen LogP contribution in [-0.2, 0) is 4.74 Å². The zero-order chi connectivity index (χ0) is 12.7. The van der Waals surface area contributed by atoms with Crippen LogP contribution < -0.4 is 5.73 Å². The van der Waals surface area contributed by atoms with E-state index in [2.05, 4.69) is 20.8 Å². The van der Waals surface area contributed by atoms with E-state index in [0.717, 1.165) is 32.1 Å². The smallest absolute Gasteiger partial charge is 0.0488 e. The first-order valence-corrected chi connectivity index (χ1v) is 7.39. The molecule has 1 aliphatic carbocycles. The molecule has 0 amide bonds. The Hall–Kier alpha value is -0.0800. The van der Waals surface area contributed by atoms with E-state index >= 15 is 0 Å². The van der Waals surface area contributed by atoms with Gasteiger partial charge in [-0.05, 0) is 55.9 Å². The second kappa shape index (κ2) is 7.38. The van der Waals surface area contributed by atoms with Crippen molar-refractivity contribution < 1.29 is 4.74 Å². The van der Waals surface area contributed by atoms with Crippen LogP contribution in [0.1, 0.15) is 59.3 Å². The Morgan fingerprint density at radius 2 is 1.94 bits per heavy atom. The van der Waals surface area contributed by atoms with Gasteiger partial charge in [0.15, 0.2) is 0 Å². The van der Waals surface area contributed by atoms with E-state index < -0.39 is 0 Å². The summed E-state index contributed by atoms with van der Waals surface area (Å²) in [5.74, 6) is 1.59. The first kappa shape index (κ1) is 15.0. The maximum Gasteiger partial charge on any atom is 0.0488 e. The van der Waals surface area contributed by atoms with E-state index in [4.69, 9.17) is 10.5 Å². The Morgan fingerprint density at radius 3 is 2.41 bits per heavy atom. The molecule has 1 fully saturated rings. The molecule has 1 saturated carbocycles. The lowest BCUT2D eigenvalue weighted by Crippen LogP contribution is -2.36. The molecule has 0 bridgehead atoms. The summed E-state index contributed by atoms with van der Waals surface area (Å²) in [7, 11) is 0. The average molecular weight is 241 g/mol. The molecule has 0 radical (unpaired) electrons. The molecule has 0 aromatic rings. The zero-order valence-electron chi connectivity index (χ0n) is 12.0. The molecule has 0 spiro atoms. The highest BCUT2D eigenvalue weighted by atomic mass is 16.5. The van der Waals surface area contributed by atoms with E-state index in [-0.39, 0.29) is 0 Å². The topological polar surface area (TPSA) is 35.2 Å². The zero-order valence-corrected chi connectivity index (χ0v) is 12.0. The minimum Gasteiger partial charge on any atom is -0.381 e. The lowest BCUT2D eigenvalue weighted by molar-refractivity contribution is 0.0556. The van der Waals surface area contributed by atoms with E-state index in [1.165, 1.54) is 32.1 Å². The average Bonchev–Trinajstić information content (AvgIpc) is 2.35. The van der Waals surface area contributed by atoms with Crippen LogP contribution in [0.5, 0.6) is 0 Å². The Kier molecular flexibility index (Phi) is 6.50. The molecule has 0 heterocycles. The molecule has 102 valence electrons. The number of nitrogens with two attached hydrogens (primary N) is 1. The van der Waals surface area contributed by atoms with Crippen LogP contribution in [0.15, 0.2) is 0 Å². The largest absolute Gasteiger partial charge is 0.381 e. The Bertz CT molecular complexity index is 195. The summed E-state index contributed by atoms with van der Waals surface area (Å²) in [4.78, 5) is 0. The molecule has 0 saturated heterocycles. The molecule has 2 N–H and O–H groups in total. The summed E-state index contributed by atoms with van der Waals surface area (Å²) < 4.78 is 5.72. The van der Waals surface area contributed by atoms with Crippen molar-refractivity contribution in [3.8, 4) is 0 Å². The van der Waals surface area contributed by atoms with Gasteiger partial charge in [0, 0.05) is 13.2 Å². The van der Waals surface area contributed by atoms with Gasteiger partial charge in [0.1, 0.15) is 0 Å². The molecule has 0 aliphatic heterocycles. The lowest BCUT2D eigenvalue weighted by Gasteiger charge is -2.39. The summed E-state index contributed by atoms with van der Waals surface area (Å²) in [5, 5.41) is 0. The fourth-order valence-electron chi connectivity index (χ4n) is 2.86. The van der Waals surface area contributed by atoms with Gasteiger partial charge in [0.2, 0.25) is 0 Å². The second-order valence-electron chi connectivity index (χ2n) is 6.27. The lowest BCUT2D eigenvalue weighted by atomic mass is 9.68. The van der Waals surface area contributed by atoms with E-state index in [1.807, 2.05) is 0 Å². The fourth-order valence-corrected chi connectivity index (χ4v) is 2.86. The first-order valence-electron chi connectivity index (χ1n) is 7.39. The van der Waals surface area contributed by atoms with Gasteiger partial charge in [0.25, 0.3) is 0 Å². The number of rotatable bonds is 7. The number of ether oxygens (including phenoxy) is 1. The van der Waals surface area contributed by atoms with E-state index in [1.54, 1.807) is 0 Å². The van der Waals surface area contributed by atoms with E-state index in [9.17, 15) is 0 Å². The number of hydrogen-bond acceptors (Lipinski definition) is 2. The minimum absolute atomic E-state index is 0.392. The van der Waals surface area contributed by atoms with Crippen molar-refractivity contribution in [2.24, 2.45) is 23.0 Å². The van der Waals surface area contributed by atoms with Crippen molar-refractivity contribution in [2.45, 2.75) is 59.3 Å². The summed E-state index contributed by atoms with van der Waals surface area (Å²) in [6.07, 6.45) is 7.87. The molecule has 2 nitrogen and oxygen atoms in total. The van der Waals surface area contributed by atoms with Crippen molar-refractivity contribution >= 4 is 0 Å². The predicted molar refractivity (Wildman–Crippen MR) is 74.0 cm³/mol. The summed E-state index contributed by atoms with van der Waals surface area (Å²) in [6, 6.07) is 0. The van der Waals surface area contributed by atoms with Crippen LogP contribution in [0.3, 0.4) is 0 Å². The molecule has 0 unspecified atom stereocenters. The Morgan fingerprint density at radius 1 is 1.29 bits per heavy atom. The van der Waals surface area contributed by atoms with Crippen LogP contribution in [-0.4, -0.2) is 19.8 Å². The van der Waals surface area contributed by atoms with Crippen LogP contribution in [0.25, 0.3) is 0 Å². The maximum absolute atomic E-state index is 6.01. The van der Waals surface area contributed by atoms with Gasteiger partial charge in [-0.1, -0.05) is 27.2 Å². The molecular weight excluding hydrogens is 210 g/mol. The fraction of sp³-hybridized carbons (Fsp3) is 1.00. The van der Waals surface area contributed by atoms with Crippen molar-refractivity contribution in [1.29, 1.82) is 0 Å². The van der Waals surface area contributed by atoms with Crippen molar-refractivity contribution in [3.05, 3.63) is 0 Å². The normalized spacial score (nSPS) is 29.8. The van der Waals surface area contributed by atoms with Crippen molar-refractivity contribution in [2.75, 3.05) is 19.8 Å². The Balaban J connectivity index is 2.27. The molecule has 0 aromatic carbocycles. The van der Waals surface area contributed by atoms with Gasteiger partial charge in [-0.3, -0.25) is 0 Å². The van der Waals surface area contributed by atoms with Gasteiger partial charge in [0.05, 0.1) is 0 Å². The molecular formula is C15H31NO. The van der Waals surface area contributed by atoms with Gasteiger partial charge >= 0.3 is 0 Å². The van der Waals surface area contributed by atoms with E-state index in [0.29, 0.717) is 11.3 Å². The monoisotopic (exact) mass is 241 g/mol. The van der Waals surface area contributed by atoms with Crippen LogP contribution >= 0.6 is 0 Å². The third kappa shape index (κ3) is 4.97. The third-order valence-electron chi connectivity index (χ3n) is 4.40. The second-order valence-corrected chi connectivity index (χ2v) is 6.27. The van der Waals surface area contributed by atoms with Gasteiger partial charge in [-0.25, -0.2) is 0 Å². The predicted octanol–water partition coefficient (Wildman–Crippen LogP) is 3.59. The first-order chi connectivity index (χ1) is 8.12. The minimum atomic E-state index is 0.392.